The third-order valence-electron chi connectivity index (χ3n) is 6.11. The number of benzene rings is 2. The van der Waals surface area contributed by atoms with Crippen molar-refractivity contribution in [2.45, 2.75) is 54.9 Å². The second kappa shape index (κ2) is 11.3. The van der Waals surface area contributed by atoms with E-state index in [0.29, 0.717) is 12.0 Å². The fourth-order valence-electron chi connectivity index (χ4n) is 4.05. The minimum atomic E-state index is -1.65. The van der Waals surface area contributed by atoms with Crippen molar-refractivity contribution < 1.29 is 19.0 Å². The molecule has 2 aromatic carbocycles. The van der Waals surface area contributed by atoms with Gasteiger partial charge in [0.25, 0.3) is 0 Å². The molecule has 1 aliphatic rings. The molecular formula is C25H31FN2O3S2. The van der Waals surface area contributed by atoms with Crippen LogP contribution in [0.5, 0.6) is 5.75 Å². The fourth-order valence-corrected chi connectivity index (χ4v) is 5.77. The number of likely N-dealkylation sites (N-methyl/N-ethyl adjacent to an activating group) is 1. The van der Waals surface area contributed by atoms with Crippen molar-refractivity contribution in [1.29, 1.82) is 0 Å². The molecule has 0 spiro atoms. The number of fused-ring (bicyclic) bond motifs is 1. The van der Waals surface area contributed by atoms with Gasteiger partial charge < -0.3 is 14.7 Å². The molecule has 0 amide bonds. The Kier molecular flexibility index (Phi) is 8.73. The normalized spacial score (nSPS) is 19.2. The first kappa shape index (κ1) is 25.5. The van der Waals surface area contributed by atoms with E-state index in [1.54, 1.807) is 11.9 Å². The highest BCUT2D eigenvalue weighted by molar-refractivity contribution is 7.98. The molecule has 33 heavy (non-hydrogen) atoms. The lowest BCUT2D eigenvalue weighted by molar-refractivity contribution is -0.134. The van der Waals surface area contributed by atoms with Gasteiger partial charge in [0, 0.05) is 17.8 Å². The highest BCUT2D eigenvalue weighted by Crippen LogP contribution is 2.49. The number of nitrogens with zero attached hydrogens (tertiary/aromatic N) is 2. The van der Waals surface area contributed by atoms with Crippen LogP contribution in [0.25, 0.3) is 0 Å². The Balaban J connectivity index is 2.13. The van der Waals surface area contributed by atoms with E-state index in [-0.39, 0.29) is 5.54 Å². The predicted molar refractivity (Wildman–Crippen MR) is 135 cm³/mol. The van der Waals surface area contributed by atoms with E-state index in [1.165, 1.54) is 11.8 Å². The highest BCUT2D eigenvalue weighted by Gasteiger charge is 2.39. The Labute approximate surface area is 204 Å². The SMILES string of the molecule is CCCCC1(CC)CN(c2ccccc2)c2cc(SC)c(O/C=C(\F)C(=O)O)cc2SN1C. The summed E-state index contributed by atoms with van der Waals surface area (Å²) in [7, 11) is 2.13. The Bertz CT molecular complexity index is 1000. The van der Waals surface area contributed by atoms with Gasteiger partial charge in [0.05, 0.1) is 15.5 Å². The zero-order chi connectivity index (χ0) is 24.0. The van der Waals surface area contributed by atoms with Crippen molar-refractivity contribution in [2.75, 3.05) is 24.7 Å². The largest absolute Gasteiger partial charge is 0.476 e. The summed E-state index contributed by atoms with van der Waals surface area (Å²) in [5.74, 6) is -2.55. The lowest BCUT2D eigenvalue weighted by Crippen LogP contribution is -2.49. The van der Waals surface area contributed by atoms with Gasteiger partial charge in [-0.1, -0.05) is 44.9 Å². The van der Waals surface area contributed by atoms with Crippen molar-refractivity contribution >= 4 is 41.1 Å². The van der Waals surface area contributed by atoms with Gasteiger partial charge in [0.1, 0.15) is 12.0 Å². The monoisotopic (exact) mass is 490 g/mol. The maximum absolute atomic E-state index is 13.6. The average Bonchev–Trinajstić information content (AvgIpc) is 2.95. The number of carbonyl (C=O) groups is 1. The Morgan fingerprint density at radius 1 is 1.30 bits per heavy atom. The molecule has 1 atom stereocenters. The van der Waals surface area contributed by atoms with Crippen LogP contribution in [0, 0.1) is 0 Å². The Hall–Kier alpha value is -2.16. The second-order valence-corrected chi connectivity index (χ2v) is 10.1. The van der Waals surface area contributed by atoms with Crippen LogP contribution in [-0.2, 0) is 4.79 Å². The first-order valence-corrected chi connectivity index (χ1v) is 13.1. The molecule has 2 aromatic rings. The molecule has 0 aliphatic carbocycles. The van der Waals surface area contributed by atoms with Crippen LogP contribution >= 0.6 is 23.7 Å². The molecule has 0 radical (unpaired) electrons. The van der Waals surface area contributed by atoms with Gasteiger partial charge in [0.15, 0.2) is 0 Å². The first-order chi connectivity index (χ1) is 15.8. The van der Waals surface area contributed by atoms with Crippen LogP contribution in [0.3, 0.4) is 0 Å². The Morgan fingerprint density at radius 3 is 2.64 bits per heavy atom. The standard InChI is InChI=1S/C25H31FN2O3S2/c1-5-7-13-25(6-2)17-28(18-11-9-8-10-12-18)20-14-23(32-4)21(15-22(20)33-27(25)3)31-16-19(26)24(29)30/h8-12,14-16H,5-7,13,17H2,1-4H3,(H,29,30)/b19-16-. The molecule has 0 fully saturated rings. The number of hydrogen-bond acceptors (Lipinski definition) is 6. The van der Waals surface area contributed by atoms with Crippen LogP contribution in [-0.4, -0.2) is 40.8 Å². The van der Waals surface area contributed by atoms with Gasteiger partial charge in [0.2, 0.25) is 5.83 Å². The van der Waals surface area contributed by atoms with Gasteiger partial charge in [-0.05, 0) is 62.4 Å². The van der Waals surface area contributed by atoms with Crippen LogP contribution < -0.4 is 9.64 Å². The van der Waals surface area contributed by atoms with E-state index >= 15 is 0 Å². The molecule has 0 bridgehead atoms. The Morgan fingerprint density at radius 2 is 2.03 bits per heavy atom. The molecule has 1 N–H and O–H groups in total. The van der Waals surface area contributed by atoms with Crippen molar-refractivity contribution in [1.82, 2.24) is 4.31 Å². The molecule has 3 rings (SSSR count). The maximum atomic E-state index is 13.6. The van der Waals surface area contributed by atoms with E-state index < -0.39 is 11.8 Å². The van der Waals surface area contributed by atoms with E-state index in [4.69, 9.17) is 9.84 Å². The van der Waals surface area contributed by atoms with E-state index in [9.17, 15) is 9.18 Å². The predicted octanol–water partition coefficient (Wildman–Crippen LogP) is 7.11. The van der Waals surface area contributed by atoms with Gasteiger partial charge >= 0.3 is 5.97 Å². The van der Waals surface area contributed by atoms with Crippen LogP contribution in [0.1, 0.15) is 39.5 Å². The maximum Gasteiger partial charge on any atom is 0.368 e. The molecule has 8 heteroatoms. The summed E-state index contributed by atoms with van der Waals surface area (Å²) in [6.45, 7) is 5.30. The van der Waals surface area contributed by atoms with Gasteiger partial charge in [-0.15, -0.1) is 11.8 Å². The smallest absolute Gasteiger partial charge is 0.368 e. The minimum absolute atomic E-state index is 0.0363. The number of hydrogen-bond donors (Lipinski definition) is 1. The zero-order valence-electron chi connectivity index (χ0n) is 19.5. The molecule has 0 saturated heterocycles. The molecule has 0 saturated carbocycles. The number of carboxylic acid groups (broad SMARTS) is 1. The number of unbranched alkanes of at least 4 members (excludes halogenated alkanes) is 1. The number of anilines is 2. The van der Waals surface area contributed by atoms with Gasteiger partial charge in [-0.25, -0.2) is 9.10 Å². The molecule has 1 aliphatic heterocycles. The van der Waals surface area contributed by atoms with Crippen molar-refractivity contribution in [3.05, 3.63) is 54.6 Å². The quantitative estimate of drug-likeness (QED) is 0.174. The summed E-state index contributed by atoms with van der Waals surface area (Å²) in [4.78, 5) is 15.0. The van der Waals surface area contributed by atoms with Crippen LogP contribution in [0.15, 0.2) is 64.3 Å². The second-order valence-electron chi connectivity index (χ2n) is 8.05. The fraction of sp³-hybridized carbons (Fsp3) is 0.400. The number of aliphatic carboxylic acids is 1. The summed E-state index contributed by atoms with van der Waals surface area (Å²) in [6.07, 6.45) is 6.93. The van der Waals surface area contributed by atoms with E-state index in [1.807, 2.05) is 30.5 Å². The summed E-state index contributed by atoms with van der Waals surface area (Å²) < 4.78 is 21.4. The molecule has 1 heterocycles. The summed E-state index contributed by atoms with van der Waals surface area (Å²) >= 11 is 3.14. The number of ether oxygens (including phenoxy) is 1. The minimum Gasteiger partial charge on any atom is -0.476 e. The summed E-state index contributed by atoms with van der Waals surface area (Å²) in [6, 6.07) is 14.3. The topological polar surface area (TPSA) is 53.0 Å². The lowest BCUT2D eigenvalue weighted by Gasteiger charge is -2.42. The van der Waals surface area contributed by atoms with Gasteiger partial charge in [-0.2, -0.15) is 4.39 Å². The molecular weight excluding hydrogens is 459 g/mol. The number of rotatable bonds is 9. The van der Waals surface area contributed by atoms with E-state index in [0.717, 1.165) is 53.4 Å². The highest BCUT2D eigenvalue weighted by atomic mass is 32.2. The van der Waals surface area contributed by atoms with Crippen molar-refractivity contribution in [2.24, 2.45) is 0 Å². The average molecular weight is 491 g/mol. The lowest BCUT2D eigenvalue weighted by atomic mass is 9.88. The molecule has 0 aromatic heterocycles. The van der Waals surface area contributed by atoms with Crippen molar-refractivity contribution in [3.63, 3.8) is 0 Å². The number of halogens is 1. The third kappa shape index (κ3) is 5.67. The van der Waals surface area contributed by atoms with E-state index in [2.05, 4.69) is 48.3 Å². The van der Waals surface area contributed by atoms with Crippen LogP contribution in [0.2, 0.25) is 0 Å². The molecule has 5 nitrogen and oxygen atoms in total. The third-order valence-corrected chi connectivity index (χ3v) is 8.05. The summed E-state index contributed by atoms with van der Waals surface area (Å²) in [5.41, 5.74) is 2.14. The van der Waals surface area contributed by atoms with Gasteiger partial charge in [-0.3, -0.25) is 0 Å². The first-order valence-electron chi connectivity index (χ1n) is 11.1. The summed E-state index contributed by atoms with van der Waals surface area (Å²) in [5, 5.41) is 8.82. The molecule has 178 valence electrons. The van der Waals surface area contributed by atoms with Crippen molar-refractivity contribution in [3.8, 4) is 5.75 Å². The zero-order valence-corrected chi connectivity index (χ0v) is 21.1. The number of thioether (sulfide) groups is 1. The molecule has 1 unspecified atom stereocenters. The van der Waals surface area contributed by atoms with Crippen LogP contribution in [0.4, 0.5) is 15.8 Å². The number of carboxylic acids is 1. The number of para-hydroxylation sites is 1.